The van der Waals surface area contributed by atoms with Gasteiger partial charge in [0.2, 0.25) is 0 Å². The van der Waals surface area contributed by atoms with Gasteiger partial charge in [0, 0.05) is 31.2 Å². The standard InChI is InChI=1S/C22H26N4O2S/c1-15-13-18(16(2)26(15)14-17-7-6-11-28-17)21-20(19-8-4-5-9-23-19)24-22(29)25(21)10-12-27-3/h4-9,11,13,20-21H,10,12,14H2,1-3H3,(H,24,29)/t20-,21+/m0/s1. The van der Waals surface area contributed by atoms with Crippen LogP contribution in [0.3, 0.4) is 0 Å². The summed E-state index contributed by atoms with van der Waals surface area (Å²) in [6.07, 6.45) is 3.54. The molecule has 2 atom stereocenters. The lowest BCUT2D eigenvalue weighted by atomic mass is 9.97. The summed E-state index contributed by atoms with van der Waals surface area (Å²) in [6.45, 7) is 6.34. The lowest BCUT2D eigenvalue weighted by Gasteiger charge is -2.28. The van der Waals surface area contributed by atoms with E-state index in [9.17, 15) is 0 Å². The highest BCUT2D eigenvalue weighted by atomic mass is 32.1. The molecule has 1 aliphatic rings. The van der Waals surface area contributed by atoms with Crippen molar-refractivity contribution in [3.05, 3.63) is 77.3 Å². The van der Waals surface area contributed by atoms with Crippen LogP contribution in [0, 0.1) is 13.8 Å². The molecule has 152 valence electrons. The fourth-order valence-electron chi connectivity index (χ4n) is 4.10. The topological polar surface area (TPSA) is 55.5 Å². The average molecular weight is 411 g/mol. The van der Waals surface area contributed by atoms with Crippen molar-refractivity contribution >= 4 is 17.3 Å². The number of ether oxygens (including phenoxy) is 1. The Kier molecular flexibility index (Phi) is 5.69. The highest BCUT2D eigenvalue weighted by Gasteiger charge is 2.41. The van der Waals surface area contributed by atoms with Gasteiger partial charge in [-0.1, -0.05) is 6.07 Å². The molecule has 1 N–H and O–H groups in total. The van der Waals surface area contributed by atoms with Crippen molar-refractivity contribution in [2.75, 3.05) is 20.3 Å². The number of pyridine rings is 1. The maximum atomic E-state index is 5.69. The van der Waals surface area contributed by atoms with Gasteiger partial charge >= 0.3 is 0 Å². The van der Waals surface area contributed by atoms with Gasteiger partial charge in [0.05, 0.1) is 37.2 Å². The van der Waals surface area contributed by atoms with Crippen molar-refractivity contribution < 1.29 is 9.15 Å². The van der Waals surface area contributed by atoms with Gasteiger partial charge in [0.1, 0.15) is 5.76 Å². The molecule has 1 aliphatic heterocycles. The predicted octanol–water partition coefficient (Wildman–Crippen LogP) is 3.76. The molecule has 0 spiro atoms. The quantitative estimate of drug-likeness (QED) is 0.599. The van der Waals surface area contributed by atoms with E-state index in [1.165, 1.54) is 17.0 Å². The molecule has 29 heavy (non-hydrogen) atoms. The van der Waals surface area contributed by atoms with Crippen LogP contribution in [-0.2, 0) is 11.3 Å². The number of nitrogens with zero attached hydrogens (tertiary/aromatic N) is 3. The molecule has 0 amide bonds. The summed E-state index contributed by atoms with van der Waals surface area (Å²) >= 11 is 5.69. The van der Waals surface area contributed by atoms with Crippen LogP contribution in [0.2, 0.25) is 0 Å². The van der Waals surface area contributed by atoms with Crippen LogP contribution in [0.5, 0.6) is 0 Å². The van der Waals surface area contributed by atoms with Crippen LogP contribution < -0.4 is 5.32 Å². The van der Waals surface area contributed by atoms with E-state index in [4.69, 9.17) is 21.4 Å². The minimum Gasteiger partial charge on any atom is -0.467 e. The van der Waals surface area contributed by atoms with E-state index >= 15 is 0 Å². The molecule has 1 fully saturated rings. The minimum atomic E-state index is -0.0156. The first kappa shape index (κ1) is 19.7. The molecular weight excluding hydrogens is 384 g/mol. The Hall–Kier alpha value is -2.64. The molecule has 0 saturated carbocycles. The molecule has 3 aromatic heterocycles. The van der Waals surface area contributed by atoms with Crippen LogP contribution in [0.4, 0.5) is 0 Å². The summed E-state index contributed by atoms with van der Waals surface area (Å²) in [5.41, 5.74) is 4.63. The molecule has 0 aliphatic carbocycles. The van der Waals surface area contributed by atoms with E-state index in [0.29, 0.717) is 13.2 Å². The lowest BCUT2D eigenvalue weighted by Crippen LogP contribution is -2.32. The van der Waals surface area contributed by atoms with Crippen molar-refractivity contribution in [2.45, 2.75) is 32.5 Å². The van der Waals surface area contributed by atoms with Crippen LogP contribution in [0.25, 0.3) is 0 Å². The number of thiocarbonyl (C=S) groups is 1. The third kappa shape index (κ3) is 3.80. The van der Waals surface area contributed by atoms with E-state index in [2.05, 4.69) is 45.7 Å². The maximum Gasteiger partial charge on any atom is 0.170 e. The van der Waals surface area contributed by atoms with E-state index in [1.54, 1.807) is 13.4 Å². The van der Waals surface area contributed by atoms with Gasteiger partial charge in [-0.2, -0.15) is 0 Å². The molecular formula is C22H26N4O2S. The van der Waals surface area contributed by atoms with Gasteiger partial charge in [0.15, 0.2) is 5.11 Å². The van der Waals surface area contributed by atoms with E-state index in [-0.39, 0.29) is 12.1 Å². The number of hydrogen-bond acceptors (Lipinski definition) is 4. The Morgan fingerprint density at radius 3 is 2.79 bits per heavy atom. The van der Waals surface area contributed by atoms with Crippen molar-refractivity contribution in [1.29, 1.82) is 0 Å². The van der Waals surface area contributed by atoms with Gasteiger partial charge in [0.25, 0.3) is 0 Å². The Bertz CT molecular complexity index is 968. The van der Waals surface area contributed by atoms with Crippen molar-refractivity contribution in [3.8, 4) is 0 Å². The first-order valence-electron chi connectivity index (χ1n) is 9.76. The van der Waals surface area contributed by atoms with Gasteiger partial charge in [-0.15, -0.1) is 0 Å². The van der Waals surface area contributed by atoms with E-state index < -0.39 is 0 Å². The monoisotopic (exact) mass is 410 g/mol. The van der Waals surface area contributed by atoms with Gasteiger partial charge in [-0.3, -0.25) is 4.98 Å². The summed E-state index contributed by atoms with van der Waals surface area (Å²) in [5.74, 6) is 0.941. The number of nitrogens with one attached hydrogen (secondary N) is 1. The summed E-state index contributed by atoms with van der Waals surface area (Å²) < 4.78 is 13.2. The van der Waals surface area contributed by atoms with Crippen LogP contribution in [0.15, 0.2) is 53.3 Å². The Morgan fingerprint density at radius 1 is 1.24 bits per heavy atom. The van der Waals surface area contributed by atoms with Gasteiger partial charge < -0.3 is 23.9 Å². The van der Waals surface area contributed by atoms with Crippen molar-refractivity contribution in [2.24, 2.45) is 0 Å². The summed E-state index contributed by atoms with van der Waals surface area (Å²) in [7, 11) is 1.72. The summed E-state index contributed by atoms with van der Waals surface area (Å²) in [5, 5.41) is 4.23. The first-order chi connectivity index (χ1) is 14.1. The Labute approximate surface area is 176 Å². The fourth-order valence-corrected chi connectivity index (χ4v) is 4.44. The van der Waals surface area contributed by atoms with Crippen LogP contribution >= 0.6 is 12.2 Å². The Morgan fingerprint density at radius 2 is 2.10 bits per heavy atom. The molecule has 4 rings (SSSR count). The third-order valence-electron chi connectivity index (χ3n) is 5.56. The summed E-state index contributed by atoms with van der Waals surface area (Å²) in [6, 6.07) is 12.2. The largest absolute Gasteiger partial charge is 0.467 e. The minimum absolute atomic E-state index is 0.0156. The van der Waals surface area contributed by atoms with Gasteiger partial charge in [-0.05, 0) is 62.0 Å². The van der Waals surface area contributed by atoms with Gasteiger partial charge in [-0.25, -0.2) is 0 Å². The second kappa shape index (κ2) is 8.39. The number of methoxy groups -OCH3 is 1. The van der Waals surface area contributed by atoms with Crippen LogP contribution in [0.1, 0.15) is 40.5 Å². The lowest BCUT2D eigenvalue weighted by molar-refractivity contribution is 0.164. The van der Waals surface area contributed by atoms with Crippen molar-refractivity contribution in [1.82, 2.24) is 19.8 Å². The SMILES string of the molecule is COCCN1C(=S)N[C@@H](c2ccccn2)[C@H]1c1cc(C)n(Cc2ccco2)c1C. The third-order valence-corrected chi connectivity index (χ3v) is 5.91. The maximum absolute atomic E-state index is 5.69. The predicted molar refractivity (Wildman–Crippen MR) is 116 cm³/mol. The zero-order valence-electron chi connectivity index (χ0n) is 17.0. The van der Waals surface area contributed by atoms with E-state index in [0.717, 1.165) is 23.1 Å². The molecule has 1 saturated heterocycles. The molecule has 0 unspecified atom stereocenters. The Balaban J connectivity index is 1.74. The second-order valence-corrected chi connectivity index (χ2v) is 7.69. The highest BCUT2D eigenvalue weighted by Crippen LogP contribution is 2.40. The molecule has 0 bridgehead atoms. The fraction of sp³-hybridized carbons (Fsp3) is 0.364. The molecule has 6 nitrogen and oxygen atoms in total. The number of rotatable bonds is 7. The summed E-state index contributed by atoms with van der Waals surface area (Å²) in [4.78, 5) is 6.82. The molecule has 7 heteroatoms. The number of furan rings is 1. The number of hydrogen-bond donors (Lipinski definition) is 1. The molecule has 0 radical (unpaired) electrons. The number of aromatic nitrogens is 2. The number of aryl methyl sites for hydroxylation is 1. The normalized spacial score (nSPS) is 19.0. The second-order valence-electron chi connectivity index (χ2n) is 7.30. The van der Waals surface area contributed by atoms with Crippen LogP contribution in [-0.4, -0.2) is 39.8 Å². The first-order valence-corrected chi connectivity index (χ1v) is 10.2. The zero-order chi connectivity index (χ0) is 20.4. The smallest absolute Gasteiger partial charge is 0.170 e. The van der Waals surface area contributed by atoms with E-state index in [1.807, 2.05) is 30.5 Å². The average Bonchev–Trinajstić information content (AvgIpc) is 3.42. The molecule has 3 aromatic rings. The zero-order valence-corrected chi connectivity index (χ0v) is 17.8. The molecule has 0 aromatic carbocycles. The highest BCUT2D eigenvalue weighted by molar-refractivity contribution is 7.80. The van der Waals surface area contributed by atoms with Crippen molar-refractivity contribution in [3.63, 3.8) is 0 Å². The molecule has 4 heterocycles.